The van der Waals surface area contributed by atoms with Gasteiger partial charge in [0.2, 0.25) is 5.91 Å². The smallest absolute Gasteiger partial charge is 0.225 e. The van der Waals surface area contributed by atoms with Crippen molar-refractivity contribution < 1.29 is 9.90 Å². The van der Waals surface area contributed by atoms with Gasteiger partial charge < -0.3 is 15.3 Å². The van der Waals surface area contributed by atoms with Gasteiger partial charge in [0.05, 0.1) is 17.6 Å². The molecule has 8 heteroatoms. The molecule has 0 bridgehead atoms. The summed E-state index contributed by atoms with van der Waals surface area (Å²) in [7, 11) is 0. The van der Waals surface area contributed by atoms with Gasteiger partial charge in [0.1, 0.15) is 5.82 Å². The van der Waals surface area contributed by atoms with Crippen molar-refractivity contribution in [1.82, 2.24) is 25.1 Å². The van der Waals surface area contributed by atoms with E-state index >= 15 is 0 Å². The Balaban J connectivity index is 1.36. The molecule has 0 spiro atoms. The summed E-state index contributed by atoms with van der Waals surface area (Å²) in [5.41, 5.74) is 0. The third kappa shape index (κ3) is 6.47. The highest BCUT2D eigenvalue weighted by atomic mass is 79.9. The number of aliphatic hydroxyl groups is 1. The lowest BCUT2D eigenvalue weighted by atomic mass is 9.81. The van der Waals surface area contributed by atoms with E-state index < -0.39 is 0 Å². The quantitative estimate of drug-likeness (QED) is 0.653. The summed E-state index contributed by atoms with van der Waals surface area (Å²) in [5.74, 6) is 1.98. The average Bonchev–Trinajstić information content (AvgIpc) is 2.95. The highest BCUT2D eigenvalue weighted by Gasteiger charge is 2.30. The molecular weight excluding hydrogens is 422 g/mol. The standard InChI is InChI=1S/C20H32BrN5O2/c21-18-13-23-19(24-14-18)15-22-12-16-2-4-17(5-3-16)20(28)26-7-1-6-25(8-9-26)10-11-27/h13-14,16-17,22,27H,1-12,15H2. The number of nitrogens with zero attached hydrogens (tertiary/aromatic N) is 4. The highest BCUT2D eigenvalue weighted by Crippen LogP contribution is 2.30. The molecule has 1 aromatic rings. The molecule has 1 aliphatic carbocycles. The zero-order chi connectivity index (χ0) is 19.8. The molecule has 3 rings (SSSR count). The first kappa shape index (κ1) is 21.6. The predicted octanol–water partition coefficient (Wildman–Crippen LogP) is 1.66. The Kier molecular flexibility index (Phi) is 8.64. The molecule has 0 unspecified atom stereocenters. The minimum absolute atomic E-state index is 0.190. The van der Waals surface area contributed by atoms with Gasteiger partial charge in [-0.15, -0.1) is 0 Å². The number of hydrogen-bond donors (Lipinski definition) is 2. The van der Waals surface area contributed by atoms with E-state index in [2.05, 4.69) is 41.0 Å². The molecule has 2 aliphatic rings. The molecule has 0 radical (unpaired) electrons. The van der Waals surface area contributed by atoms with Crippen LogP contribution in [-0.4, -0.2) is 76.7 Å². The van der Waals surface area contributed by atoms with Gasteiger partial charge in [0.15, 0.2) is 0 Å². The van der Waals surface area contributed by atoms with Gasteiger partial charge in [-0.3, -0.25) is 9.69 Å². The maximum atomic E-state index is 12.9. The molecular formula is C20H32BrN5O2. The van der Waals surface area contributed by atoms with Crippen LogP contribution in [0.2, 0.25) is 0 Å². The summed E-state index contributed by atoms with van der Waals surface area (Å²) in [4.78, 5) is 25.8. The zero-order valence-corrected chi connectivity index (χ0v) is 18.1. The van der Waals surface area contributed by atoms with Crippen LogP contribution in [-0.2, 0) is 11.3 Å². The lowest BCUT2D eigenvalue weighted by Gasteiger charge is -2.32. The first-order valence-corrected chi connectivity index (χ1v) is 11.2. The lowest BCUT2D eigenvalue weighted by Crippen LogP contribution is -2.41. The second-order valence-corrected chi connectivity index (χ2v) is 8.83. The summed E-state index contributed by atoms with van der Waals surface area (Å²) in [6, 6.07) is 0. The molecule has 156 valence electrons. The van der Waals surface area contributed by atoms with Crippen LogP contribution < -0.4 is 5.32 Å². The fraction of sp³-hybridized carbons (Fsp3) is 0.750. The maximum absolute atomic E-state index is 12.9. The number of carbonyl (C=O) groups is 1. The fourth-order valence-corrected chi connectivity index (χ4v) is 4.45. The van der Waals surface area contributed by atoms with Crippen molar-refractivity contribution in [2.24, 2.45) is 11.8 Å². The Labute approximate surface area is 176 Å². The molecule has 2 heterocycles. The van der Waals surface area contributed by atoms with Gasteiger partial charge in [0, 0.05) is 44.5 Å². The SMILES string of the molecule is O=C(C1CCC(CNCc2ncc(Br)cn2)CC1)N1CCCN(CCO)CC1. The second kappa shape index (κ2) is 11.2. The van der Waals surface area contributed by atoms with E-state index in [1.807, 2.05) is 0 Å². The number of amides is 1. The first-order chi connectivity index (χ1) is 13.7. The summed E-state index contributed by atoms with van der Waals surface area (Å²) in [6.45, 7) is 6.06. The number of β-amino-alcohol motifs (C(OH)–C–C–N with tert-alkyl or cyclic N) is 1. The molecule has 28 heavy (non-hydrogen) atoms. The van der Waals surface area contributed by atoms with Gasteiger partial charge in [-0.1, -0.05) is 0 Å². The van der Waals surface area contributed by atoms with E-state index in [9.17, 15) is 4.79 Å². The monoisotopic (exact) mass is 453 g/mol. The van der Waals surface area contributed by atoms with Crippen LogP contribution in [0.1, 0.15) is 37.9 Å². The van der Waals surface area contributed by atoms with Crippen molar-refractivity contribution in [3.63, 3.8) is 0 Å². The Morgan fingerprint density at radius 2 is 1.89 bits per heavy atom. The molecule has 0 atom stereocenters. The normalized spacial score (nSPS) is 24.1. The third-order valence-electron chi connectivity index (χ3n) is 5.90. The Bertz CT molecular complexity index is 607. The Morgan fingerprint density at radius 3 is 2.61 bits per heavy atom. The first-order valence-electron chi connectivity index (χ1n) is 10.4. The largest absolute Gasteiger partial charge is 0.395 e. The van der Waals surface area contributed by atoms with Crippen LogP contribution in [0.3, 0.4) is 0 Å². The Hall–Kier alpha value is -1.09. The second-order valence-electron chi connectivity index (χ2n) is 7.91. The lowest BCUT2D eigenvalue weighted by molar-refractivity contribution is -0.136. The zero-order valence-electron chi connectivity index (χ0n) is 16.5. The number of aromatic nitrogens is 2. The minimum Gasteiger partial charge on any atom is -0.395 e. The number of hydrogen-bond acceptors (Lipinski definition) is 6. The van der Waals surface area contributed by atoms with Crippen molar-refractivity contribution in [3.05, 3.63) is 22.7 Å². The van der Waals surface area contributed by atoms with Crippen LogP contribution in [0.15, 0.2) is 16.9 Å². The van der Waals surface area contributed by atoms with Gasteiger partial charge in [-0.2, -0.15) is 0 Å². The number of rotatable bonds is 7. The average molecular weight is 454 g/mol. The van der Waals surface area contributed by atoms with Gasteiger partial charge in [-0.05, 0) is 67.0 Å². The molecule has 1 aliphatic heterocycles. The van der Waals surface area contributed by atoms with Gasteiger partial charge in [-0.25, -0.2) is 9.97 Å². The molecule has 1 amide bonds. The van der Waals surface area contributed by atoms with Gasteiger partial charge >= 0.3 is 0 Å². The van der Waals surface area contributed by atoms with Crippen LogP contribution >= 0.6 is 15.9 Å². The third-order valence-corrected chi connectivity index (χ3v) is 6.31. The van der Waals surface area contributed by atoms with E-state index in [4.69, 9.17) is 5.11 Å². The van der Waals surface area contributed by atoms with Crippen molar-refractivity contribution in [1.29, 1.82) is 0 Å². The number of aliphatic hydroxyl groups excluding tert-OH is 1. The van der Waals surface area contributed by atoms with Crippen LogP contribution in [0.4, 0.5) is 0 Å². The van der Waals surface area contributed by atoms with Crippen LogP contribution in [0.5, 0.6) is 0 Å². The molecule has 1 aromatic heterocycles. The molecule has 7 nitrogen and oxygen atoms in total. The summed E-state index contributed by atoms with van der Waals surface area (Å²) >= 11 is 3.35. The topological polar surface area (TPSA) is 81.6 Å². The maximum Gasteiger partial charge on any atom is 0.225 e. The number of carbonyl (C=O) groups excluding carboxylic acids is 1. The minimum atomic E-state index is 0.190. The summed E-state index contributed by atoms with van der Waals surface area (Å²) in [6.07, 6.45) is 8.75. The summed E-state index contributed by atoms with van der Waals surface area (Å²) < 4.78 is 0.893. The van der Waals surface area contributed by atoms with Gasteiger partial charge in [0.25, 0.3) is 0 Å². The van der Waals surface area contributed by atoms with E-state index in [1.54, 1.807) is 12.4 Å². The number of nitrogens with one attached hydrogen (secondary N) is 1. The van der Waals surface area contributed by atoms with Crippen LogP contribution in [0.25, 0.3) is 0 Å². The fourth-order valence-electron chi connectivity index (χ4n) is 4.25. The van der Waals surface area contributed by atoms with E-state index in [0.717, 1.165) is 75.1 Å². The highest BCUT2D eigenvalue weighted by molar-refractivity contribution is 9.10. The molecule has 0 aromatic carbocycles. The van der Waals surface area contributed by atoms with E-state index in [-0.39, 0.29) is 12.5 Å². The molecule has 2 N–H and O–H groups in total. The van der Waals surface area contributed by atoms with Crippen LogP contribution in [0, 0.1) is 11.8 Å². The van der Waals surface area contributed by atoms with E-state index in [0.29, 0.717) is 24.9 Å². The molecule has 1 saturated carbocycles. The van der Waals surface area contributed by atoms with Crippen molar-refractivity contribution >= 4 is 21.8 Å². The molecule has 2 fully saturated rings. The van der Waals surface area contributed by atoms with Crippen molar-refractivity contribution in [3.8, 4) is 0 Å². The van der Waals surface area contributed by atoms with Crippen molar-refractivity contribution in [2.45, 2.75) is 38.6 Å². The molecule has 1 saturated heterocycles. The number of halogens is 1. The Morgan fingerprint density at radius 1 is 1.14 bits per heavy atom. The predicted molar refractivity (Wildman–Crippen MR) is 112 cm³/mol. The summed E-state index contributed by atoms with van der Waals surface area (Å²) in [5, 5.41) is 12.6. The van der Waals surface area contributed by atoms with Crippen molar-refractivity contribution in [2.75, 3.05) is 45.9 Å². The van der Waals surface area contributed by atoms with E-state index in [1.165, 1.54) is 0 Å².